The van der Waals surface area contributed by atoms with Crippen molar-refractivity contribution in [3.63, 3.8) is 0 Å². The largest absolute Gasteiger partial charge is 0.508 e. The molecular formula is C26H23ClN2O7. The Kier molecular flexibility index (Phi) is 6.09. The number of aliphatic carboxylic acids is 1. The van der Waals surface area contributed by atoms with Crippen molar-refractivity contribution in [2.75, 3.05) is 0 Å². The smallest absolute Gasteiger partial charge is 0.339 e. The molecule has 0 saturated heterocycles. The van der Waals surface area contributed by atoms with Gasteiger partial charge in [-0.05, 0) is 61.6 Å². The van der Waals surface area contributed by atoms with Crippen LogP contribution in [0, 0.1) is 0 Å². The lowest BCUT2D eigenvalue weighted by Crippen LogP contribution is -2.47. The molecule has 0 aliphatic heterocycles. The van der Waals surface area contributed by atoms with Gasteiger partial charge in [-0.1, -0.05) is 11.6 Å². The molecule has 5 rings (SSSR count). The molecule has 36 heavy (non-hydrogen) atoms. The van der Waals surface area contributed by atoms with Gasteiger partial charge in [-0.15, -0.1) is 0 Å². The predicted octanol–water partition coefficient (Wildman–Crippen LogP) is 3.70. The Morgan fingerprint density at radius 1 is 1.19 bits per heavy atom. The van der Waals surface area contributed by atoms with Crippen molar-refractivity contribution in [2.45, 2.75) is 44.8 Å². The highest BCUT2D eigenvalue weighted by atomic mass is 35.5. The zero-order valence-electron chi connectivity index (χ0n) is 19.3. The average molecular weight is 511 g/mol. The minimum atomic E-state index is -1.24. The van der Waals surface area contributed by atoms with E-state index >= 15 is 0 Å². The van der Waals surface area contributed by atoms with E-state index < -0.39 is 24.0 Å². The predicted molar refractivity (Wildman–Crippen MR) is 133 cm³/mol. The number of aromatic amines is 1. The topological polar surface area (TPSA) is 142 Å². The van der Waals surface area contributed by atoms with Gasteiger partial charge in [0.05, 0.1) is 5.02 Å². The fraction of sp³-hybridized carbons (Fsp3) is 0.269. The van der Waals surface area contributed by atoms with Crippen LogP contribution >= 0.6 is 11.6 Å². The minimum Gasteiger partial charge on any atom is -0.508 e. The molecule has 2 heterocycles. The van der Waals surface area contributed by atoms with E-state index in [1.165, 1.54) is 25.1 Å². The van der Waals surface area contributed by atoms with Crippen LogP contribution in [-0.2, 0) is 28.9 Å². The number of carbonyl (C=O) groups excluding carboxylic acids is 1. The third kappa shape index (κ3) is 4.37. The maximum absolute atomic E-state index is 12.8. The number of carboxylic acid groups (broad SMARTS) is 1. The number of nitrogens with one attached hydrogen (secondary N) is 2. The number of H-pyrrole nitrogens is 1. The van der Waals surface area contributed by atoms with Gasteiger partial charge in [0.25, 0.3) is 5.91 Å². The van der Waals surface area contributed by atoms with E-state index in [1.54, 1.807) is 18.3 Å². The molecule has 2 aromatic carbocycles. The van der Waals surface area contributed by atoms with E-state index in [1.807, 2.05) is 0 Å². The second-order valence-electron chi connectivity index (χ2n) is 8.89. The van der Waals surface area contributed by atoms with Gasteiger partial charge in [-0.25, -0.2) is 9.59 Å². The summed E-state index contributed by atoms with van der Waals surface area (Å²) in [5.74, 6) is -1.68. The number of fused-ring (bicyclic) bond motifs is 4. The summed E-state index contributed by atoms with van der Waals surface area (Å²) in [6.07, 6.45) is 2.85. The van der Waals surface area contributed by atoms with Crippen molar-refractivity contribution in [2.24, 2.45) is 0 Å². The van der Waals surface area contributed by atoms with Gasteiger partial charge in [0, 0.05) is 40.5 Å². The first-order chi connectivity index (χ1) is 17.2. The number of amides is 1. The van der Waals surface area contributed by atoms with Crippen LogP contribution in [0.3, 0.4) is 0 Å². The van der Waals surface area contributed by atoms with Crippen LogP contribution < -0.4 is 15.7 Å². The van der Waals surface area contributed by atoms with Gasteiger partial charge in [-0.3, -0.25) is 4.79 Å². The summed E-state index contributed by atoms with van der Waals surface area (Å²) in [5, 5.41) is 23.6. The molecular weight excluding hydrogens is 488 g/mol. The van der Waals surface area contributed by atoms with Crippen LogP contribution in [0.15, 0.2) is 45.7 Å². The van der Waals surface area contributed by atoms with E-state index in [4.69, 9.17) is 20.8 Å². The van der Waals surface area contributed by atoms with Crippen LogP contribution in [0.5, 0.6) is 11.5 Å². The summed E-state index contributed by atoms with van der Waals surface area (Å²) in [5.41, 5.74) is 2.89. The number of halogens is 1. The summed E-state index contributed by atoms with van der Waals surface area (Å²) in [6, 6.07) is 6.64. The zero-order valence-corrected chi connectivity index (χ0v) is 20.0. The molecule has 0 unspecified atom stereocenters. The third-order valence-corrected chi connectivity index (χ3v) is 6.78. The van der Waals surface area contributed by atoms with Gasteiger partial charge < -0.3 is 29.7 Å². The van der Waals surface area contributed by atoms with Crippen LogP contribution in [0.2, 0.25) is 5.02 Å². The molecule has 0 radical (unpaired) electrons. The molecule has 4 N–H and O–H groups in total. The number of carboxylic acids is 1. The molecule has 0 bridgehead atoms. The maximum atomic E-state index is 12.8. The number of hydrogen-bond donors (Lipinski definition) is 4. The number of ether oxygens (including phenoxy) is 1. The van der Waals surface area contributed by atoms with Crippen LogP contribution in [0.25, 0.3) is 21.9 Å². The normalized spacial score (nSPS) is 14.5. The van der Waals surface area contributed by atoms with E-state index in [2.05, 4.69) is 10.3 Å². The van der Waals surface area contributed by atoms with E-state index in [-0.39, 0.29) is 28.6 Å². The summed E-state index contributed by atoms with van der Waals surface area (Å²) in [4.78, 5) is 40.0. The molecule has 10 heteroatoms. The number of aromatic hydroxyl groups is 1. The van der Waals surface area contributed by atoms with Gasteiger partial charge in [0.15, 0.2) is 6.10 Å². The summed E-state index contributed by atoms with van der Waals surface area (Å²) < 4.78 is 11.2. The fourth-order valence-electron chi connectivity index (χ4n) is 4.66. The minimum absolute atomic E-state index is 0.00968. The van der Waals surface area contributed by atoms with Crippen LogP contribution in [0.1, 0.15) is 30.0 Å². The number of hydrogen-bond acceptors (Lipinski definition) is 6. The number of aromatic nitrogens is 1. The van der Waals surface area contributed by atoms with E-state index in [0.717, 1.165) is 29.3 Å². The lowest BCUT2D eigenvalue weighted by molar-refractivity contribution is -0.142. The Morgan fingerprint density at radius 2 is 1.97 bits per heavy atom. The second-order valence-corrected chi connectivity index (χ2v) is 9.29. The highest BCUT2D eigenvalue weighted by molar-refractivity contribution is 6.32. The van der Waals surface area contributed by atoms with Crippen molar-refractivity contribution >= 4 is 45.3 Å². The van der Waals surface area contributed by atoms with Gasteiger partial charge in [-0.2, -0.15) is 0 Å². The Labute approximate surface area is 209 Å². The average Bonchev–Trinajstić information content (AvgIpc) is 3.47. The molecule has 2 aromatic heterocycles. The first kappa shape index (κ1) is 23.7. The van der Waals surface area contributed by atoms with Crippen molar-refractivity contribution in [3.8, 4) is 11.5 Å². The zero-order chi connectivity index (χ0) is 25.6. The number of aryl methyl sites for hydroxylation is 1. The van der Waals surface area contributed by atoms with Crippen molar-refractivity contribution in [3.05, 3.63) is 68.7 Å². The third-order valence-electron chi connectivity index (χ3n) is 6.49. The standard InChI is InChI=1S/C26H23ClN2O7/c1-12(35-23-10-22-18(9-19(23)27)15-3-2-4-16(15)26(34)36-22)24(31)29-21(25(32)33)7-13-11-28-20-6-5-14(30)8-17(13)20/h5-6,8-12,21,28,30H,2-4,7H2,1H3,(H,29,31)(H,32,33)/t12-,21+/m0/s1. The number of carbonyl (C=O) groups is 2. The lowest BCUT2D eigenvalue weighted by atomic mass is 10.0. The highest BCUT2D eigenvalue weighted by Gasteiger charge is 2.27. The second kappa shape index (κ2) is 9.23. The van der Waals surface area contributed by atoms with Crippen LogP contribution in [-0.4, -0.2) is 39.2 Å². The van der Waals surface area contributed by atoms with Crippen molar-refractivity contribution in [1.82, 2.24) is 10.3 Å². The van der Waals surface area contributed by atoms with Crippen LogP contribution in [0.4, 0.5) is 0 Å². The monoisotopic (exact) mass is 510 g/mol. The number of rotatable bonds is 7. The molecule has 0 fully saturated rings. The molecule has 186 valence electrons. The number of phenols is 1. The van der Waals surface area contributed by atoms with Gasteiger partial charge in [0.1, 0.15) is 23.1 Å². The highest BCUT2D eigenvalue weighted by Crippen LogP contribution is 2.35. The first-order valence-electron chi connectivity index (χ1n) is 11.5. The Balaban J connectivity index is 1.33. The van der Waals surface area contributed by atoms with Crippen molar-refractivity contribution < 1.29 is 29.0 Å². The van der Waals surface area contributed by atoms with E-state index in [9.17, 15) is 24.6 Å². The number of phenolic OH excluding ortho intramolecular Hbond substituents is 1. The molecule has 1 aliphatic carbocycles. The molecule has 1 aliphatic rings. The molecule has 0 spiro atoms. The number of benzene rings is 2. The SMILES string of the molecule is C[C@H](Oc1cc2oc(=O)c3c(c2cc1Cl)CCC3)C(=O)N[C@H](Cc1c[nH]c2ccc(O)cc12)C(=O)O. The Hall–Kier alpha value is -3.98. The maximum Gasteiger partial charge on any atom is 0.339 e. The molecule has 1 amide bonds. The van der Waals surface area contributed by atoms with Gasteiger partial charge >= 0.3 is 11.6 Å². The molecule has 4 aromatic rings. The fourth-order valence-corrected chi connectivity index (χ4v) is 4.87. The Bertz CT molecular complexity index is 1570. The van der Waals surface area contributed by atoms with E-state index in [0.29, 0.717) is 28.5 Å². The summed E-state index contributed by atoms with van der Waals surface area (Å²) >= 11 is 6.42. The molecule has 9 nitrogen and oxygen atoms in total. The summed E-state index contributed by atoms with van der Waals surface area (Å²) in [6.45, 7) is 1.47. The lowest BCUT2D eigenvalue weighted by Gasteiger charge is -2.19. The van der Waals surface area contributed by atoms with Gasteiger partial charge in [0.2, 0.25) is 0 Å². The molecule has 2 atom stereocenters. The summed E-state index contributed by atoms with van der Waals surface area (Å²) in [7, 11) is 0. The Morgan fingerprint density at radius 3 is 2.75 bits per heavy atom. The van der Waals surface area contributed by atoms with Crippen molar-refractivity contribution in [1.29, 1.82) is 0 Å². The quantitative estimate of drug-likeness (QED) is 0.278. The first-order valence-corrected chi connectivity index (χ1v) is 11.9. The molecule has 0 saturated carbocycles.